The van der Waals surface area contributed by atoms with Crippen molar-refractivity contribution >= 4 is 46.5 Å². The van der Waals surface area contributed by atoms with Crippen molar-refractivity contribution < 1.29 is 0 Å². The zero-order chi connectivity index (χ0) is 12.7. The molecule has 5 heteroatoms. The first-order chi connectivity index (χ1) is 8.66. The molecule has 0 bridgehead atoms. The molecular formula is C13H8Cl2N2S. The molecule has 1 N–H and O–H groups in total. The molecule has 0 fully saturated rings. The smallest absolute Gasteiger partial charge is 0.182 e. The molecule has 0 spiro atoms. The molecule has 0 saturated heterocycles. The number of rotatable bonds is 1. The van der Waals surface area contributed by atoms with Gasteiger partial charge in [0.05, 0.1) is 21.7 Å². The summed E-state index contributed by atoms with van der Waals surface area (Å²) in [6.07, 6.45) is 0. The lowest BCUT2D eigenvalue weighted by Crippen LogP contribution is -1.94. The van der Waals surface area contributed by atoms with Crippen LogP contribution < -0.4 is 0 Å². The number of imidazole rings is 1. The number of hydrogen-bond donors (Lipinski definition) is 1. The molecule has 0 radical (unpaired) electrons. The highest BCUT2D eigenvalue weighted by Crippen LogP contribution is 2.26. The van der Waals surface area contributed by atoms with Crippen molar-refractivity contribution in [1.29, 1.82) is 0 Å². The van der Waals surface area contributed by atoms with Gasteiger partial charge in [-0.1, -0.05) is 35.3 Å². The standard InChI is InChI=1S/C13H8Cl2N2S/c14-8-5-6-12-10(7-8)16-13(18)17(12)11-4-2-1-3-9(11)15/h1-7H,(H,16,18). The number of nitrogens with zero attached hydrogens (tertiary/aromatic N) is 1. The van der Waals surface area contributed by atoms with E-state index >= 15 is 0 Å². The maximum Gasteiger partial charge on any atom is 0.182 e. The van der Waals surface area contributed by atoms with Crippen molar-refractivity contribution in [2.24, 2.45) is 0 Å². The number of halogens is 2. The van der Waals surface area contributed by atoms with Crippen LogP contribution in [0.1, 0.15) is 0 Å². The Balaban J connectivity index is 2.40. The Morgan fingerprint density at radius 2 is 1.83 bits per heavy atom. The van der Waals surface area contributed by atoms with E-state index in [1.807, 2.05) is 47.0 Å². The van der Waals surface area contributed by atoms with Crippen LogP contribution in [0.25, 0.3) is 16.7 Å². The third-order valence-electron chi connectivity index (χ3n) is 2.74. The van der Waals surface area contributed by atoms with E-state index in [0.717, 1.165) is 16.7 Å². The van der Waals surface area contributed by atoms with Gasteiger partial charge in [-0.25, -0.2) is 0 Å². The number of fused-ring (bicyclic) bond motifs is 1. The summed E-state index contributed by atoms with van der Waals surface area (Å²) in [5.41, 5.74) is 2.71. The Morgan fingerprint density at radius 1 is 1.06 bits per heavy atom. The number of aromatic nitrogens is 2. The second kappa shape index (κ2) is 4.43. The molecule has 0 saturated carbocycles. The molecule has 3 rings (SSSR count). The van der Waals surface area contributed by atoms with Crippen molar-refractivity contribution in [3.63, 3.8) is 0 Å². The zero-order valence-corrected chi connectivity index (χ0v) is 11.5. The third kappa shape index (κ3) is 1.85. The lowest BCUT2D eigenvalue weighted by molar-refractivity contribution is 1.07. The first kappa shape index (κ1) is 11.8. The van der Waals surface area contributed by atoms with Gasteiger partial charge in [0.25, 0.3) is 0 Å². The largest absolute Gasteiger partial charge is 0.330 e. The summed E-state index contributed by atoms with van der Waals surface area (Å²) >= 11 is 17.5. The summed E-state index contributed by atoms with van der Waals surface area (Å²) in [4.78, 5) is 3.13. The van der Waals surface area contributed by atoms with Crippen molar-refractivity contribution in [2.45, 2.75) is 0 Å². The number of para-hydroxylation sites is 1. The summed E-state index contributed by atoms with van der Waals surface area (Å²) < 4.78 is 2.50. The maximum atomic E-state index is 6.21. The van der Waals surface area contributed by atoms with Crippen LogP contribution in [0.4, 0.5) is 0 Å². The van der Waals surface area contributed by atoms with Crippen LogP contribution in [0.3, 0.4) is 0 Å². The van der Waals surface area contributed by atoms with Crippen LogP contribution in [0.2, 0.25) is 10.0 Å². The molecule has 2 aromatic carbocycles. The highest BCUT2D eigenvalue weighted by Gasteiger charge is 2.09. The zero-order valence-electron chi connectivity index (χ0n) is 9.15. The van der Waals surface area contributed by atoms with Crippen LogP contribution in [-0.4, -0.2) is 9.55 Å². The normalized spacial score (nSPS) is 11.0. The second-order valence-electron chi connectivity index (χ2n) is 3.88. The van der Waals surface area contributed by atoms with Gasteiger partial charge >= 0.3 is 0 Å². The Bertz CT molecular complexity index is 789. The highest BCUT2D eigenvalue weighted by molar-refractivity contribution is 7.71. The molecule has 0 unspecified atom stereocenters. The Labute approximate surface area is 119 Å². The molecule has 2 nitrogen and oxygen atoms in total. The average molecular weight is 295 g/mol. The van der Waals surface area contributed by atoms with Crippen LogP contribution in [0.15, 0.2) is 42.5 Å². The fraction of sp³-hybridized carbons (Fsp3) is 0. The maximum absolute atomic E-state index is 6.21. The predicted octanol–water partition coefficient (Wildman–Crippen LogP) is 4.99. The number of aromatic amines is 1. The highest BCUT2D eigenvalue weighted by atomic mass is 35.5. The van der Waals surface area contributed by atoms with E-state index in [-0.39, 0.29) is 0 Å². The average Bonchev–Trinajstić information content (AvgIpc) is 2.65. The molecule has 0 aliphatic rings. The molecule has 0 atom stereocenters. The third-order valence-corrected chi connectivity index (χ3v) is 3.58. The SMILES string of the molecule is S=c1[nH]c2cc(Cl)ccc2n1-c1ccccc1Cl. The second-order valence-corrected chi connectivity index (χ2v) is 5.11. The molecule has 90 valence electrons. The van der Waals surface area contributed by atoms with Gasteiger partial charge in [0, 0.05) is 5.02 Å². The number of H-pyrrole nitrogens is 1. The Hall–Kier alpha value is -1.29. The van der Waals surface area contributed by atoms with Crippen LogP contribution in [0, 0.1) is 4.77 Å². The Kier molecular flexibility index (Phi) is 2.90. The van der Waals surface area contributed by atoms with Gasteiger partial charge in [0.15, 0.2) is 4.77 Å². The minimum Gasteiger partial charge on any atom is -0.330 e. The lowest BCUT2D eigenvalue weighted by atomic mass is 10.3. The van der Waals surface area contributed by atoms with E-state index in [0.29, 0.717) is 14.8 Å². The number of hydrogen-bond acceptors (Lipinski definition) is 1. The van der Waals surface area contributed by atoms with Crippen molar-refractivity contribution in [1.82, 2.24) is 9.55 Å². The molecule has 18 heavy (non-hydrogen) atoms. The molecule has 1 aromatic heterocycles. The van der Waals surface area contributed by atoms with Gasteiger partial charge in [-0.2, -0.15) is 0 Å². The predicted molar refractivity (Wildman–Crippen MR) is 78.5 cm³/mol. The summed E-state index contributed by atoms with van der Waals surface area (Å²) in [7, 11) is 0. The summed E-state index contributed by atoms with van der Waals surface area (Å²) in [6.45, 7) is 0. The quantitative estimate of drug-likeness (QED) is 0.627. The van der Waals surface area contributed by atoms with E-state index in [4.69, 9.17) is 35.4 Å². The van der Waals surface area contributed by atoms with Crippen molar-refractivity contribution in [3.8, 4) is 5.69 Å². The molecule has 3 aromatic rings. The molecular weight excluding hydrogens is 287 g/mol. The van der Waals surface area contributed by atoms with Gasteiger partial charge in [-0.15, -0.1) is 0 Å². The fourth-order valence-corrected chi connectivity index (χ4v) is 2.66. The van der Waals surface area contributed by atoms with Gasteiger partial charge < -0.3 is 4.98 Å². The van der Waals surface area contributed by atoms with Crippen molar-refractivity contribution in [3.05, 3.63) is 57.3 Å². The van der Waals surface area contributed by atoms with E-state index in [2.05, 4.69) is 4.98 Å². The van der Waals surface area contributed by atoms with Crippen LogP contribution in [0.5, 0.6) is 0 Å². The van der Waals surface area contributed by atoms with E-state index < -0.39 is 0 Å². The van der Waals surface area contributed by atoms with Gasteiger partial charge in [-0.05, 0) is 42.5 Å². The minimum absolute atomic E-state index is 0.598. The topological polar surface area (TPSA) is 20.7 Å². The first-order valence-corrected chi connectivity index (χ1v) is 6.48. The fourth-order valence-electron chi connectivity index (χ4n) is 1.96. The van der Waals surface area contributed by atoms with E-state index in [9.17, 15) is 0 Å². The van der Waals surface area contributed by atoms with Crippen LogP contribution >= 0.6 is 35.4 Å². The van der Waals surface area contributed by atoms with Crippen LogP contribution in [-0.2, 0) is 0 Å². The van der Waals surface area contributed by atoms with E-state index in [1.165, 1.54) is 0 Å². The van der Waals surface area contributed by atoms with Crippen molar-refractivity contribution in [2.75, 3.05) is 0 Å². The number of nitrogens with one attached hydrogen (secondary N) is 1. The molecule has 1 heterocycles. The summed E-state index contributed by atoms with van der Waals surface area (Å²) in [5, 5.41) is 1.33. The Morgan fingerprint density at radius 3 is 2.61 bits per heavy atom. The van der Waals surface area contributed by atoms with Gasteiger partial charge in [0.1, 0.15) is 0 Å². The number of benzene rings is 2. The van der Waals surface area contributed by atoms with Gasteiger partial charge in [0.2, 0.25) is 0 Å². The summed E-state index contributed by atoms with van der Waals surface area (Å²) in [5.74, 6) is 0. The monoisotopic (exact) mass is 294 g/mol. The van der Waals surface area contributed by atoms with Gasteiger partial charge in [-0.3, -0.25) is 4.57 Å². The molecule has 0 aliphatic heterocycles. The molecule has 0 amide bonds. The first-order valence-electron chi connectivity index (χ1n) is 5.32. The lowest BCUT2D eigenvalue weighted by Gasteiger charge is -2.06. The minimum atomic E-state index is 0.598. The molecule has 0 aliphatic carbocycles. The summed E-state index contributed by atoms with van der Waals surface area (Å²) in [6, 6.07) is 13.2. The van der Waals surface area contributed by atoms with E-state index in [1.54, 1.807) is 0 Å².